The molecule has 1 aromatic heterocycles. The standard InChI is InChI=1S/C7H7F3N2O2/c1-3-4(6(13)14)12(2)11-5(3)7(8,9)10/h1-2H3,(H,13,14). The number of carbonyl (C=O) groups is 1. The molecule has 0 spiro atoms. The first-order valence-corrected chi connectivity index (χ1v) is 3.59. The van der Waals surface area contributed by atoms with Gasteiger partial charge in [-0.2, -0.15) is 18.3 Å². The first-order chi connectivity index (χ1) is 6.25. The second kappa shape index (κ2) is 3.00. The summed E-state index contributed by atoms with van der Waals surface area (Å²) in [6, 6.07) is 0. The van der Waals surface area contributed by atoms with E-state index in [1.165, 1.54) is 0 Å². The highest BCUT2D eigenvalue weighted by molar-refractivity contribution is 5.87. The summed E-state index contributed by atoms with van der Waals surface area (Å²) in [6.45, 7) is 1.08. The van der Waals surface area contributed by atoms with Gasteiger partial charge in [-0.1, -0.05) is 0 Å². The Bertz CT molecular complexity index is 381. The molecule has 0 aliphatic carbocycles. The fourth-order valence-corrected chi connectivity index (χ4v) is 1.20. The number of alkyl halides is 3. The van der Waals surface area contributed by atoms with Crippen molar-refractivity contribution in [1.82, 2.24) is 9.78 Å². The lowest BCUT2D eigenvalue weighted by molar-refractivity contribution is -0.141. The summed E-state index contributed by atoms with van der Waals surface area (Å²) >= 11 is 0. The van der Waals surface area contributed by atoms with Crippen LogP contribution < -0.4 is 0 Å². The third-order valence-corrected chi connectivity index (χ3v) is 1.76. The highest BCUT2D eigenvalue weighted by Crippen LogP contribution is 2.31. The second-order valence-corrected chi connectivity index (χ2v) is 2.75. The second-order valence-electron chi connectivity index (χ2n) is 2.75. The molecule has 1 aromatic rings. The molecular formula is C7H7F3N2O2. The van der Waals surface area contributed by atoms with Crippen molar-refractivity contribution in [2.45, 2.75) is 13.1 Å². The van der Waals surface area contributed by atoms with Crippen molar-refractivity contribution in [1.29, 1.82) is 0 Å². The van der Waals surface area contributed by atoms with Gasteiger partial charge in [0, 0.05) is 12.6 Å². The van der Waals surface area contributed by atoms with E-state index in [0.717, 1.165) is 14.0 Å². The maximum atomic E-state index is 12.2. The van der Waals surface area contributed by atoms with E-state index < -0.39 is 23.5 Å². The molecule has 1 heterocycles. The summed E-state index contributed by atoms with van der Waals surface area (Å²) in [6.07, 6.45) is -4.62. The maximum Gasteiger partial charge on any atom is 0.435 e. The monoisotopic (exact) mass is 208 g/mol. The van der Waals surface area contributed by atoms with Crippen LogP contribution in [-0.4, -0.2) is 20.9 Å². The van der Waals surface area contributed by atoms with Gasteiger partial charge in [-0.25, -0.2) is 4.79 Å². The molecule has 0 aromatic carbocycles. The molecule has 0 aliphatic heterocycles. The Labute approximate surface area is 77.0 Å². The Kier molecular flexibility index (Phi) is 2.26. The van der Waals surface area contributed by atoms with Gasteiger partial charge in [0.2, 0.25) is 0 Å². The molecule has 0 aliphatic rings. The zero-order chi connectivity index (χ0) is 11.1. The van der Waals surface area contributed by atoms with Crippen LogP contribution in [0, 0.1) is 6.92 Å². The normalized spacial score (nSPS) is 11.8. The van der Waals surface area contributed by atoms with Crippen LogP contribution in [0.15, 0.2) is 0 Å². The van der Waals surface area contributed by atoms with Crippen molar-refractivity contribution in [3.63, 3.8) is 0 Å². The van der Waals surface area contributed by atoms with Crippen LogP contribution in [0.25, 0.3) is 0 Å². The molecule has 0 unspecified atom stereocenters. The van der Waals surface area contributed by atoms with E-state index in [4.69, 9.17) is 5.11 Å². The number of nitrogens with zero attached hydrogens (tertiary/aromatic N) is 2. The Morgan fingerprint density at radius 2 is 2.00 bits per heavy atom. The molecule has 78 valence electrons. The summed E-state index contributed by atoms with van der Waals surface area (Å²) < 4.78 is 37.4. The predicted molar refractivity (Wildman–Crippen MR) is 39.9 cm³/mol. The van der Waals surface area contributed by atoms with Crippen LogP contribution >= 0.6 is 0 Å². The van der Waals surface area contributed by atoms with Crippen molar-refractivity contribution in [3.8, 4) is 0 Å². The quantitative estimate of drug-likeness (QED) is 0.759. The van der Waals surface area contributed by atoms with Gasteiger partial charge in [-0.05, 0) is 6.92 Å². The Hall–Kier alpha value is -1.53. The van der Waals surface area contributed by atoms with Crippen molar-refractivity contribution in [2.24, 2.45) is 7.05 Å². The SMILES string of the molecule is Cc1c(C(F)(F)F)nn(C)c1C(=O)O. The Balaban J connectivity index is 3.39. The number of aromatic nitrogens is 2. The number of aromatic carboxylic acids is 1. The number of aryl methyl sites for hydroxylation is 1. The van der Waals surface area contributed by atoms with E-state index in [2.05, 4.69) is 5.10 Å². The molecule has 14 heavy (non-hydrogen) atoms. The van der Waals surface area contributed by atoms with Gasteiger partial charge in [0.1, 0.15) is 5.69 Å². The largest absolute Gasteiger partial charge is 0.477 e. The highest BCUT2D eigenvalue weighted by atomic mass is 19.4. The number of carboxylic acid groups (broad SMARTS) is 1. The summed E-state index contributed by atoms with van der Waals surface area (Å²) in [4.78, 5) is 10.6. The third kappa shape index (κ3) is 1.57. The number of hydrogen-bond donors (Lipinski definition) is 1. The molecule has 0 saturated heterocycles. The fourth-order valence-electron chi connectivity index (χ4n) is 1.20. The minimum atomic E-state index is -4.62. The van der Waals surface area contributed by atoms with Gasteiger partial charge in [-0.15, -0.1) is 0 Å². The molecule has 0 amide bonds. The Morgan fingerprint density at radius 3 is 2.21 bits per heavy atom. The van der Waals surface area contributed by atoms with Crippen LogP contribution in [0.1, 0.15) is 21.7 Å². The topological polar surface area (TPSA) is 55.1 Å². The average Bonchev–Trinajstić information content (AvgIpc) is 2.24. The van der Waals surface area contributed by atoms with Gasteiger partial charge in [0.05, 0.1) is 0 Å². The van der Waals surface area contributed by atoms with Crippen LogP contribution in [0.3, 0.4) is 0 Å². The zero-order valence-electron chi connectivity index (χ0n) is 7.38. The lowest BCUT2D eigenvalue weighted by Crippen LogP contribution is -2.08. The molecular weight excluding hydrogens is 201 g/mol. The van der Waals surface area contributed by atoms with Crippen molar-refractivity contribution in [3.05, 3.63) is 17.0 Å². The molecule has 7 heteroatoms. The van der Waals surface area contributed by atoms with Gasteiger partial charge >= 0.3 is 12.1 Å². The first-order valence-electron chi connectivity index (χ1n) is 3.59. The number of rotatable bonds is 1. The van der Waals surface area contributed by atoms with Crippen molar-refractivity contribution < 1.29 is 23.1 Å². The Morgan fingerprint density at radius 1 is 1.50 bits per heavy atom. The van der Waals surface area contributed by atoms with Crippen LogP contribution in [0.4, 0.5) is 13.2 Å². The molecule has 0 atom stereocenters. The van der Waals surface area contributed by atoms with Crippen molar-refractivity contribution in [2.75, 3.05) is 0 Å². The average molecular weight is 208 g/mol. The molecule has 0 radical (unpaired) electrons. The van der Waals surface area contributed by atoms with Crippen LogP contribution in [0.5, 0.6) is 0 Å². The van der Waals surface area contributed by atoms with E-state index in [-0.39, 0.29) is 5.56 Å². The lowest BCUT2D eigenvalue weighted by atomic mass is 10.2. The molecule has 0 saturated carbocycles. The zero-order valence-corrected chi connectivity index (χ0v) is 7.38. The summed E-state index contributed by atoms with van der Waals surface area (Å²) in [5.74, 6) is -1.42. The molecule has 4 nitrogen and oxygen atoms in total. The van der Waals surface area contributed by atoms with Gasteiger partial charge in [0.15, 0.2) is 5.69 Å². The molecule has 1 rings (SSSR count). The number of halogens is 3. The fraction of sp³-hybridized carbons (Fsp3) is 0.429. The molecule has 0 fully saturated rings. The van der Waals surface area contributed by atoms with E-state index in [9.17, 15) is 18.0 Å². The first kappa shape index (κ1) is 10.6. The molecule has 0 bridgehead atoms. The van der Waals surface area contributed by atoms with E-state index in [1.807, 2.05) is 0 Å². The smallest absolute Gasteiger partial charge is 0.435 e. The van der Waals surface area contributed by atoms with Crippen LogP contribution in [0.2, 0.25) is 0 Å². The summed E-state index contributed by atoms with van der Waals surface area (Å²) in [7, 11) is 1.16. The molecule has 1 N–H and O–H groups in total. The van der Waals surface area contributed by atoms with E-state index in [1.54, 1.807) is 0 Å². The number of carboxylic acids is 1. The van der Waals surface area contributed by atoms with Gasteiger partial charge < -0.3 is 5.11 Å². The van der Waals surface area contributed by atoms with Crippen molar-refractivity contribution >= 4 is 5.97 Å². The van der Waals surface area contributed by atoms with E-state index >= 15 is 0 Å². The highest BCUT2D eigenvalue weighted by Gasteiger charge is 2.38. The lowest BCUT2D eigenvalue weighted by Gasteiger charge is -2.01. The maximum absolute atomic E-state index is 12.2. The van der Waals surface area contributed by atoms with E-state index in [0.29, 0.717) is 4.68 Å². The minimum absolute atomic E-state index is 0.368. The van der Waals surface area contributed by atoms with Crippen LogP contribution in [-0.2, 0) is 13.2 Å². The predicted octanol–water partition coefficient (Wildman–Crippen LogP) is 1.45. The summed E-state index contributed by atoms with van der Waals surface area (Å²) in [5.41, 5.74) is -1.97. The van der Waals surface area contributed by atoms with Gasteiger partial charge in [-0.3, -0.25) is 4.68 Å². The minimum Gasteiger partial charge on any atom is -0.477 e. The number of hydrogen-bond acceptors (Lipinski definition) is 2. The van der Waals surface area contributed by atoms with Gasteiger partial charge in [0.25, 0.3) is 0 Å². The summed E-state index contributed by atoms with van der Waals surface area (Å²) in [5, 5.41) is 11.7. The third-order valence-electron chi connectivity index (χ3n) is 1.76.